The maximum atomic E-state index is 11.0. The molecule has 62 valence electrons. The van der Waals surface area contributed by atoms with Crippen molar-refractivity contribution in [3.63, 3.8) is 0 Å². The van der Waals surface area contributed by atoms with E-state index in [4.69, 9.17) is 0 Å². The zero-order valence-corrected chi connectivity index (χ0v) is 7.34. The average molecular weight is 182 g/mol. The second-order valence-corrected chi connectivity index (χ2v) is 4.48. The molecule has 1 aromatic rings. The van der Waals surface area contributed by atoms with Crippen LogP contribution >= 0.6 is 0 Å². The van der Waals surface area contributed by atoms with Crippen molar-refractivity contribution in [2.24, 2.45) is 0 Å². The van der Waals surface area contributed by atoms with E-state index in [0.29, 0.717) is 12.6 Å². The van der Waals surface area contributed by atoms with Crippen molar-refractivity contribution in [2.45, 2.75) is 4.90 Å². The van der Waals surface area contributed by atoms with Crippen LogP contribution in [0.25, 0.3) is 0 Å². The summed E-state index contributed by atoms with van der Waals surface area (Å²) in [6.45, 7) is 0. The minimum atomic E-state index is -3.19. The van der Waals surface area contributed by atoms with Gasteiger partial charge < -0.3 is 0 Å². The molecule has 3 nitrogen and oxygen atoms in total. The monoisotopic (exact) mass is 182 g/mol. The van der Waals surface area contributed by atoms with Gasteiger partial charge in [-0.2, -0.15) is 0 Å². The summed E-state index contributed by atoms with van der Waals surface area (Å²) in [6.07, 6.45) is 1.11. The molecule has 0 radical (unpaired) electrons. The molecule has 0 saturated carbocycles. The molecule has 0 aliphatic heterocycles. The summed E-state index contributed by atoms with van der Waals surface area (Å²) in [7, 11) is -2.57. The summed E-state index contributed by atoms with van der Waals surface area (Å²) in [5.74, 6) is 0. The first kappa shape index (κ1) is 9.13. The van der Waals surface area contributed by atoms with Crippen LogP contribution in [0.3, 0.4) is 0 Å². The van der Waals surface area contributed by atoms with Crippen LogP contribution in [0.2, 0.25) is 0 Å². The van der Waals surface area contributed by atoms with Crippen molar-refractivity contribution in [3.8, 4) is 0 Å². The van der Waals surface area contributed by atoms with E-state index < -0.39 is 9.84 Å². The predicted octanol–water partition coefficient (Wildman–Crippen LogP) is -0.235. The van der Waals surface area contributed by atoms with E-state index in [-0.39, 0.29) is 4.90 Å². The predicted molar refractivity (Wildman–Crippen MR) is 45.6 cm³/mol. The van der Waals surface area contributed by atoms with Gasteiger partial charge in [0.25, 0.3) is 0 Å². The van der Waals surface area contributed by atoms with Crippen molar-refractivity contribution in [2.75, 3.05) is 6.26 Å². The van der Waals surface area contributed by atoms with Gasteiger partial charge in [-0.25, -0.2) is 0 Å². The number of hydrogen-bond donors (Lipinski definition) is 0. The molecule has 0 aromatic heterocycles. The number of sulfone groups is 1. The van der Waals surface area contributed by atoms with Gasteiger partial charge in [-0.1, -0.05) is 0 Å². The molecular formula is C7H7BO3S. The molecule has 1 aromatic carbocycles. The molecule has 5 heteroatoms. The second-order valence-electron chi connectivity index (χ2n) is 2.46. The minimum absolute atomic E-state index is 0.173. The quantitative estimate of drug-likeness (QED) is 0.593. The van der Waals surface area contributed by atoms with E-state index in [1.807, 2.05) is 0 Å². The normalized spacial score (nSPS) is 10.8. The molecule has 0 aliphatic carbocycles. The summed E-state index contributed by atoms with van der Waals surface area (Å²) in [4.78, 5) is 0.173. The van der Waals surface area contributed by atoms with Crippen LogP contribution in [-0.2, 0) is 14.5 Å². The van der Waals surface area contributed by atoms with Gasteiger partial charge in [0, 0.05) is 0 Å². The average Bonchev–Trinajstić information content (AvgIpc) is 2.03. The molecule has 0 fully saturated rings. The van der Waals surface area contributed by atoms with Gasteiger partial charge in [0.05, 0.1) is 0 Å². The molecule has 1 rings (SSSR count). The zero-order valence-electron chi connectivity index (χ0n) is 6.52. The van der Waals surface area contributed by atoms with Gasteiger partial charge in [0.1, 0.15) is 0 Å². The maximum absolute atomic E-state index is 11.0. The van der Waals surface area contributed by atoms with E-state index in [2.05, 4.69) is 0 Å². The van der Waals surface area contributed by atoms with Gasteiger partial charge in [0.2, 0.25) is 0 Å². The van der Waals surface area contributed by atoms with Crippen LogP contribution in [-0.4, -0.2) is 21.8 Å². The fraction of sp³-hybridized carbons (Fsp3) is 0.143. The van der Waals surface area contributed by atoms with Gasteiger partial charge in [-0.15, -0.1) is 0 Å². The number of benzene rings is 1. The van der Waals surface area contributed by atoms with Crippen molar-refractivity contribution < 1.29 is 13.1 Å². The molecular weight excluding hydrogens is 175 g/mol. The van der Waals surface area contributed by atoms with Crippen LogP contribution in [0, 0.1) is 0 Å². The molecule has 0 unspecified atom stereocenters. The molecule has 0 heterocycles. The van der Waals surface area contributed by atoms with Crippen LogP contribution in [0.5, 0.6) is 0 Å². The molecule has 0 saturated heterocycles. The van der Waals surface area contributed by atoms with Crippen molar-refractivity contribution in [3.05, 3.63) is 24.3 Å². The van der Waals surface area contributed by atoms with Crippen molar-refractivity contribution >= 4 is 22.5 Å². The van der Waals surface area contributed by atoms with Gasteiger partial charge in [-0.05, 0) is 0 Å². The van der Waals surface area contributed by atoms with E-state index in [1.54, 1.807) is 12.1 Å². The molecule has 0 N–H and O–H groups in total. The Bertz CT molecular complexity index is 397. The summed E-state index contributed by atoms with van der Waals surface area (Å²) in [5, 5.41) is 0. The number of hydrogen-bond acceptors (Lipinski definition) is 3. The third-order valence-electron chi connectivity index (χ3n) is 1.42. The molecule has 12 heavy (non-hydrogen) atoms. The molecule has 0 bridgehead atoms. The fourth-order valence-corrected chi connectivity index (χ4v) is 1.49. The van der Waals surface area contributed by atoms with Crippen LogP contribution in [0.15, 0.2) is 29.2 Å². The Hall–Kier alpha value is -0.965. The Morgan fingerprint density at radius 2 is 2.00 bits per heavy atom. The Morgan fingerprint density at radius 1 is 1.33 bits per heavy atom. The third-order valence-corrected chi connectivity index (χ3v) is 2.53. The van der Waals surface area contributed by atoms with Crippen LogP contribution in [0.4, 0.5) is 0 Å². The second kappa shape index (κ2) is 3.19. The summed E-state index contributed by atoms with van der Waals surface area (Å²) in [6, 6.07) is 5.91. The van der Waals surface area contributed by atoms with Gasteiger partial charge in [0.15, 0.2) is 0 Å². The van der Waals surface area contributed by atoms with E-state index in [0.717, 1.165) is 6.26 Å². The summed E-state index contributed by atoms with van der Waals surface area (Å²) in [5.41, 5.74) is 0.373. The van der Waals surface area contributed by atoms with Crippen LogP contribution in [0.1, 0.15) is 0 Å². The topological polar surface area (TPSA) is 51.2 Å². The Balaban J connectivity index is 3.29. The first-order valence-corrected chi connectivity index (χ1v) is 5.18. The molecule has 0 aliphatic rings. The summed E-state index contributed by atoms with van der Waals surface area (Å²) >= 11 is 0. The number of rotatable bonds is 2. The third kappa shape index (κ3) is 2.01. The Morgan fingerprint density at radius 3 is 2.50 bits per heavy atom. The van der Waals surface area contributed by atoms with Crippen molar-refractivity contribution in [1.29, 1.82) is 0 Å². The standard InChI is InChI=1S/C7H7BO3S/c1-12(10,11)7-4-2-3-6(5-7)8-9/h2-5H,1H3. The van der Waals surface area contributed by atoms with Gasteiger partial charge in [-0.3, -0.25) is 0 Å². The SMILES string of the molecule is CS(=O)(=O)c1cccc(B=O)c1. The van der Waals surface area contributed by atoms with E-state index in [1.165, 1.54) is 12.1 Å². The first-order valence-electron chi connectivity index (χ1n) is 3.29. The van der Waals surface area contributed by atoms with E-state index in [9.17, 15) is 13.1 Å². The zero-order chi connectivity index (χ0) is 9.19. The first-order chi connectivity index (χ1) is 5.54. The molecule has 0 spiro atoms. The Labute approximate surface area is 71.6 Å². The Kier molecular flexibility index (Phi) is 2.42. The molecule has 0 atom stereocenters. The van der Waals surface area contributed by atoms with Crippen molar-refractivity contribution in [1.82, 2.24) is 0 Å². The van der Waals surface area contributed by atoms with Crippen LogP contribution < -0.4 is 5.46 Å². The van der Waals surface area contributed by atoms with Gasteiger partial charge >= 0.3 is 71.0 Å². The summed E-state index contributed by atoms with van der Waals surface area (Å²) < 4.78 is 32.3. The van der Waals surface area contributed by atoms with E-state index >= 15 is 0 Å². The molecule has 0 amide bonds. The fourth-order valence-electron chi connectivity index (χ4n) is 0.818.